The number of anilines is 1. The highest BCUT2D eigenvalue weighted by molar-refractivity contribution is 5.88. The molecule has 0 aliphatic heterocycles. The summed E-state index contributed by atoms with van der Waals surface area (Å²) < 4.78 is 0. The van der Waals surface area contributed by atoms with Crippen molar-refractivity contribution in [3.8, 4) is 0 Å². The number of benzene rings is 1. The van der Waals surface area contributed by atoms with Crippen molar-refractivity contribution in [1.29, 1.82) is 0 Å². The first-order chi connectivity index (χ1) is 8.34. The van der Waals surface area contributed by atoms with Crippen molar-refractivity contribution in [1.82, 2.24) is 9.97 Å². The minimum atomic E-state index is -0.0694. The van der Waals surface area contributed by atoms with E-state index in [4.69, 9.17) is 0 Å². The van der Waals surface area contributed by atoms with Crippen LogP contribution >= 0.6 is 0 Å². The lowest BCUT2D eigenvalue weighted by atomic mass is 10.1. The monoisotopic (exact) mass is 227 g/mol. The molecule has 2 rings (SSSR count). The molecule has 0 spiro atoms. The second-order valence-electron chi connectivity index (χ2n) is 3.61. The fourth-order valence-electron chi connectivity index (χ4n) is 1.45. The van der Waals surface area contributed by atoms with E-state index in [0.717, 1.165) is 12.0 Å². The van der Waals surface area contributed by atoms with E-state index in [1.165, 1.54) is 0 Å². The van der Waals surface area contributed by atoms with Crippen LogP contribution in [0.1, 0.15) is 12.0 Å². The van der Waals surface area contributed by atoms with Crippen LogP contribution in [-0.4, -0.2) is 15.9 Å². The standard InChI is InChI=1S/C13H13N3O/c17-12(16-13-14-9-4-10-15-13)8-7-11-5-2-1-3-6-11/h1-6,9-10H,7-8H2,(H,14,15,16,17). The minimum absolute atomic E-state index is 0.0694. The first kappa shape index (κ1) is 11.3. The van der Waals surface area contributed by atoms with Crippen molar-refractivity contribution in [3.63, 3.8) is 0 Å². The molecule has 2 aromatic rings. The largest absolute Gasteiger partial charge is 0.295 e. The van der Waals surface area contributed by atoms with Crippen molar-refractivity contribution in [3.05, 3.63) is 54.4 Å². The molecule has 86 valence electrons. The highest BCUT2D eigenvalue weighted by Gasteiger charge is 2.03. The molecule has 1 heterocycles. The van der Waals surface area contributed by atoms with Crippen molar-refractivity contribution in [2.45, 2.75) is 12.8 Å². The van der Waals surface area contributed by atoms with E-state index in [9.17, 15) is 4.79 Å². The Bertz CT molecular complexity index is 471. The van der Waals surface area contributed by atoms with Gasteiger partial charge < -0.3 is 0 Å². The lowest BCUT2D eigenvalue weighted by Gasteiger charge is -2.03. The zero-order valence-electron chi connectivity index (χ0n) is 9.34. The fraction of sp³-hybridized carbons (Fsp3) is 0.154. The molecule has 0 unspecified atom stereocenters. The fourth-order valence-corrected chi connectivity index (χ4v) is 1.45. The zero-order chi connectivity index (χ0) is 11.9. The number of hydrogen-bond acceptors (Lipinski definition) is 3. The summed E-state index contributed by atoms with van der Waals surface area (Å²) in [7, 11) is 0. The number of amides is 1. The smallest absolute Gasteiger partial charge is 0.229 e. The van der Waals surface area contributed by atoms with Crippen LogP contribution in [0.5, 0.6) is 0 Å². The third kappa shape index (κ3) is 3.68. The molecule has 4 heteroatoms. The Labute approximate surface area is 99.7 Å². The van der Waals surface area contributed by atoms with Gasteiger partial charge >= 0.3 is 0 Å². The lowest BCUT2D eigenvalue weighted by molar-refractivity contribution is -0.116. The molecule has 0 fully saturated rings. The highest BCUT2D eigenvalue weighted by atomic mass is 16.1. The number of nitrogens with zero attached hydrogens (tertiary/aromatic N) is 2. The van der Waals surface area contributed by atoms with Gasteiger partial charge in [-0.25, -0.2) is 9.97 Å². The number of aryl methyl sites for hydroxylation is 1. The van der Waals surface area contributed by atoms with E-state index in [-0.39, 0.29) is 5.91 Å². The molecule has 0 saturated carbocycles. The van der Waals surface area contributed by atoms with Crippen LogP contribution in [-0.2, 0) is 11.2 Å². The van der Waals surface area contributed by atoms with Crippen LogP contribution < -0.4 is 5.32 Å². The van der Waals surface area contributed by atoms with Crippen LogP contribution in [0.25, 0.3) is 0 Å². The second-order valence-corrected chi connectivity index (χ2v) is 3.61. The highest BCUT2D eigenvalue weighted by Crippen LogP contribution is 2.03. The lowest BCUT2D eigenvalue weighted by Crippen LogP contribution is -2.14. The average molecular weight is 227 g/mol. The molecule has 1 N–H and O–H groups in total. The maximum absolute atomic E-state index is 11.6. The maximum atomic E-state index is 11.6. The predicted octanol–water partition coefficient (Wildman–Crippen LogP) is 2.05. The van der Waals surface area contributed by atoms with Gasteiger partial charge in [-0.15, -0.1) is 0 Å². The second kappa shape index (κ2) is 5.75. The molecule has 1 amide bonds. The van der Waals surface area contributed by atoms with E-state index in [0.29, 0.717) is 12.4 Å². The number of carbonyl (C=O) groups is 1. The van der Waals surface area contributed by atoms with Gasteiger partial charge in [0.25, 0.3) is 0 Å². The molecular formula is C13H13N3O. The van der Waals surface area contributed by atoms with Gasteiger partial charge in [-0.1, -0.05) is 30.3 Å². The molecule has 4 nitrogen and oxygen atoms in total. The summed E-state index contributed by atoms with van der Waals surface area (Å²) >= 11 is 0. The van der Waals surface area contributed by atoms with Gasteiger partial charge in [0.15, 0.2) is 0 Å². The number of aromatic nitrogens is 2. The maximum Gasteiger partial charge on any atom is 0.229 e. The van der Waals surface area contributed by atoms with Gasteiger partial charge in [0, 0.05) is 18.8 Å². The van der Waals surface area contributed by atoms with Gasteiger partial charge in [0.05, 0.1) is 0 Å². The summed E-state index contributed by atoms with van der Waals surface area (Å²) in [5.41, 5.74) is 1.15. The molecule has 1 aromatic carbocycles. The first-order valence-electron chi connectivity index (χ1n) is 5.45. The third-order valence-corrected chi connectivity index (χ3v) is 2.30. The Morgan fingerprint density at radius 3 is 2.47 bits per heavy atom. The molecular weight excluding hydrogens is 214 g/mol. The zero-order valence-corrected chi connectivity index (χ0v) is 9.34. The summed E-state index contributed by atoms with van der Waals surface area (Å²) in [5.74, 6) is 0.283. The molecule has 0 radical (unpaired) electrons. The van der Waals surface area contributed by atoms with Gasteiger partial charge in [-0.05, 0) is 18.1 Å². The summed E-state index contributed by atoms with van der Waals surface area (Å²) in [4.78, 5) is 19.5. The first-order valence-corrected chi connectivity index (χ1v) is 5.45. The Morgan fingerprint density at radius 2 is 1.76 bits per heavy atom. The van der Waals surface area contributed by atoms with Crippen LogP contribution in [0.4, 0.5) is 5.95 Å². The van der Waals surface area contributed by atoms with E-state index < -0.39 is 0 Å². The SMILES string of the molecule is O=C(CCc1ccccc1)Nc1ncccn1. The molecule has 0 aliphatic carbocycles. The van der Waals surface area contributed by atoms with Crippen molar-refractivity contribution in [2.75, 3.05) is 5.32 Å². The van der Waals surface area contributed by atoms with E-state index in [1.807, 2.05) is 30.3 Å². The third-order valence-electron chi connectivity index (χ3n) is 2.30. The number of carbonyl (C=O) groups excluding carboxylic acids is 1. The molecule has 17 heavy (non-hydrogen) atoms. The van der Waals surface area contributed by atoms with Gasteiger partial charge in [0.2, 0.25) is 11.9 Å². The van der Waals surface area contributed by atoms with Gasteiger partial charge in [0.1, 0.15) is 0 Å². The van der Waals surface area contributed by atoms with Crippen LogP contribution in [0, 0.1) is 0 Å². The Hall–Kier alpha value is -2.23. The normalized spacial score (nSPS) is 9.88. The number of rotatable bonds is 4. The predicted molar refractivity (Wildman–Crippen MR) is 65.4 cm³/mol. The summed E-state index contributed by atoms with van der Waals surface area (Å²) in [6, 6.07) is 11.6. The molecule has 1 aromatic heterocycles. The minimum Gasteiger partial charge on any atom is -0.295 e. The summed E-state index contributed by atoms with van der Waals surface area (Å²) in [6.07, 6.45) is 4.35. The quantitative estimate of drug-likeness (QED) is 0.869. The number of hydrogen-bond donors (Lipinski definition) is 1. The van der Waals surface area contributed by atoms with Crippen LogP contribution in [0.3, 0.4) is 0 Å². The van der Waals surface area contributed by atoms with Crippen molar-refractivity contribution in [2.24, 2.45) is 0 Å². The van der Waals surface area contributed by atoms with Crippen LogP contribution in [0.15, 0.2) is 48.8 Å². The average Bonchev–Trinajstić information content (AvgIpc) is 2.39. The van der Waals surface area contributed by atoms with E-state index in [2.05, 4.69) is 15.3 Å². The van der Waals surface area contributed by atoms with Gasteiger partial charge in [-0.3, -0.25) is 10.1 Å². The summed E-state index contributed by atoms with van der Waals surface area (Å²) in [6.45, 7) is 0. The van der Waals surface area contributed by atoms with Crippen molar-refractivity contribution >= 4 is 11.9 Å². The Kier molecular flexibility index (Phi) is 3.81. The molecule has 0 atom stereocenters. The Balaban J connectivity index is 1.83. The number of nitrogens with one attached hydrogen (secondary N) is 1. The Morgan fingerprint density at radius 1 is 1.06 bits per heavy atom. The molecule has 0 aliphatic rings. The van der Waals surface area contributed by atoms with Crippen LogP contribution in [0.2, 0.25) is 0 Å². The topological polar surface area (TPSA) is 54.9 Å². The van der Waals surface area contributed by atoms with Gasteiger partial charge in [-0.2, -0.15) is 0 Å². The molecule has 0 saturated heterocycles. The van der Waals surface area contributed by atoms with E-state index >= 15 is 0 Å². The van der Waals surface area contributed by atoms with E-state index in [1.54, 1.807) is 18.5 Å². The summed E-state index contributed by atoms with van der Waals surface area (Å²) in [5, 5.41) is 2.65. The van der Waals surface area contributed by atoms with Crippen molar-refractivity contribution < 1.29 is 4.79 Å². The molecule has 0 bridgehead atoms.